The first-order valence-corrected chi connectivity index (χ1v) is 9.50. The Bertz CT molecular complexity index is 739. The number of anilines is 1. The topological polar surface area (TPSA) is 104 Å². The van der Waals surface area contributed by atoms with Crippen molar-refractivity contribution < 1.29 is 21.6 Å². The minimum atomic E-state index is -3.68. The number of amides is 1. The second-order valence-corrected chi connectivity index (χ2v) is 8.78. The largest absolute Gasteiger partial charge is 0.358 e. The number of sulfonamides is 2. The average molecular weight is 349 g/mol. The highest BCUT2D eigenvalue weighted by molar-refractivity contribution is 7.92. The molecule has 8 nitrogen and oxygen atoms in total. The Kier molecular flexibility index (Phi) is 5.54. The van der Waals surface area contributed by atoms with Gasteiger partial charge in [-0.1, -0.05) is 0 Å². The Morgan fingerprint density at radius 2 is 1.59 bits per heavy atom. The fourth-order valence-electron chi connectivity index (χ4n) is 1.60. The lowest BCUT2D eigenvalue weighted by molar-refractivity contribution is -0.119. The number of hydrogen-bond donors (Lipinski definition) is 1. The number of carbonyl (C=O) groups excluding carboxylic acids is 1. The van der Waals surface area contributed by atoms with Gasteiger partial charge in [0.05, 0.1) is 16.8 Å². The van der Waals surface area contributed by atoms with E-state index in [1.807, 2.05) is 0 Å². The number of carbonyl (C=O) groups is 1. The van der Waals surface area contributed by atoms with Crippen LogP contribution < -0.4 is 9.62 Å². The van der Waals surface area contributed by atoms with Gasteiger partial charge in [-0.15, -0.1) is 0 Å². The van der Waals surface area contributed by atoms with Gasteiger partial charge in [0.2, 0.25) is 26.0 Å². The normalized spacial score (nSPS) is 12.2. The number of nitrogens with one attached hydrogen (secondary N) is 1. The summed E-state index contributed by atoms with van der Waals surface area (Å²) in [5, 5.41) is 2.34. The standard InChI is InChI=1S/C12H19N3O5S2/c1-13-12(16)9-15(21(4,17)18)10-5-7-11(8-6-10)22(19,20)14(2)3/h5-8H,9H2,1-4H3,(H,13,16). The lowest BCUT2D eigenvalue weighted by atomic mass is 10.3. The van der Waals surface area contributed by atoms with Crippen LogP contribution in [0.5, 0.6) is 0 Å². The van der Waals surface area contributed by atoms with E-state index in [4.69, 9.17) is 0 Å². The lowest BCUT2D eigenvalue weighted by Gasteiger charge is -2.22. The van der Waals surface area contributed by atoms with Crippen LogP contribution in [0.15, 0.2) is 29.2 Å². The van der Waals surface area contributed by atoms with E-state index >= 15 is 0 Å². The van der Waals surface area contributed by atoms with Crippen molar-refractivity contribution in [1.29, 1.82) is 0 Å². The summed E-state index contributed by atoms with van der Waals surface area (Å²) in [5.41, 5.74) is 0.212. The van der Waals surface area contributed by atoms with Gasteiger partial charge in [0, 0.05) is 21.1 Å². The predicted molar refractivity (Wildman–Crippen MR) is 83.6 cm³/mol. The van der Waals surface area contributed by atoms with E-state index < -0.39 is 26.0 Å². The minimum absolute atomic E-state index is 0.0367. The molecule has 1 aromatic rings. The van der Waals surface area contributed by atoms with E-state index in [-0.39, 0.29) is 17.1 Å². The van der Waals surface area contributed by atoms with Crippen LogP contribution in [0.3, 0.4) is 0 Å². The summed E-state index contributed by atoms with van der Waals surface area (Å²) < 4.78 is 49.5. The first kappa shape index (κ1) is 18.4. The summed E-state index contributed by atoms with van der Waals surface area (Å²) in [6.45, 7) is -0.380. The second-order valence-electron chi connectivity index (χ2n) is 4.72. The molecule has 1 aromatic carbocycles. The summed E-state index contributed by atoms with van der Waals surface area (Å²) in [6.07, 6.45) is 0.973. The Labute approximate surface area is 130 Å². The summed E-state index contributed by atoms with van der Waals surface area (Å²) in [4.78, 5) is 11.5. The van der Waals surface area contributed by atoms with Crippen molar-refractivity contribution in [2.45, 2.75) is 4.90 Å². The maximum atomic E-state index is 12.0. The summed E-state index contributed by atoms with van der Waals surface area (Å²) in [5.74, 6) is -0.476. The van der Waals surface area contributed by atoms with Gasteiger partial charge in [0.25, 0.3) is 0 Å². The Morgan fingerprint density at radius 3 is 1.95 bits per heavy atom. The van der Waals surface area contributed by atoms with Crippen LogP contribution in [0.25, 0.3) is 0 Å². The first-order chi connectivity index (χ1) is 10.00. The molecular formula is C12H19N3O5S2. The van der Waals surface area contributed by atoms with E-state index in [0.29, 0.717) is 0 Å². The van der Waals surface area contributed by atoms with Gasteiger partial charge in [0.15, 0.2) is 0 Å². The van der Waals surface area contributed by atoms with Gasteiger partial charge in [-0.3, -0.25) is 9.10 Å². The fourth-order valence-corrected chi connectivity index (χ4v) is 3.36. The second kappa shape index (κ2) is 6.63. The Balaban J connectivity index is 3.22. The van der Waals surface area contributed by atoms with E-state index in [0.717, 1.165) is 14.9 Å². The SMILES string of the molecule is CNC(=O)CN(c1ccc(S(=O)(=O)N(C)C)cc1)S(C)(=O)=O. The molecule has 0 fully saturated rings. The molecule has 22 heavy (non-hydrogen) atoms. The highest BCUT2D eigenvalue weighted by Crippen LogP contribution is 2.21. The molecule has 10 heteroatoms. The molecular weight excluding hydrogens is 330 g/mol. The number of benzene rings is 1. The van der Waals surface area contributed by atoms with Crippen LogP contribution in [0.4, 0.5) is 5.69 Å². The Hall–Kier alpha value is -1.65. The van der Waals surface area contributed by atoms with E-state index in [2.05, 4.69) is 5.32 Å². The van der Waals surface area contributed by atoms with Crippen molar-refractivity contribution in [3.05, 3.63) is 24.3 Å². The number of likely N-dealkylation sites (N-methyl/N-ethyl adjacent to an activating group) is 1. The highest BCUT2D eigenvalue weighted by Gasteiger charge is 2.22. The number of nitrogens with zero attached hydrogens (tertiary/aromatic N) is 2. The molecule has 0 unspecified atom stereocenters. The summed E-state index contributed by atoms with van der Waals surface area (Å²) >= 11 is 0. The highest BCUT2D eigenvalue weighted by atomic mass is 32.2. The van der Waals surface area contributed by atoms with Crippen molar-refractivity contribution in [2.24, 2.45) is 0 Å². The molecule has 1 amide bonds. The molecule has 0 radical (unpaired) electrons. The zero-order chi connectivity index (χ0) is 17.1. The van der Waals surface area contributed by atoms with Crippen LogP contribution >= 0.6 is 0 Å². The van der Waals surface area contributed by atoms with Crippen LogP contribution in [0, 0.1) is 0 Å². The molecule has 0 aliphatic carbocycles. The van der Waals surface area contributed by atoms with Crippen LogP contribution in [0.1, 0.15) is 0 Å². The molecule has 0 aromatic heterocycles. The van der Waals surface area contributed by atoms with Gasteiger partial charge in [-0.25, -0.2) is 21.1 Å². The van der Waals surface area contributed by atoms with Crippen LogP contribution in [-0.2, 0) is 24.8 Å². The zero-order valence-electron chi connectivity index (χ0n) is 12.8. The van der Waals surface area contributed by atoms with Crippen molar-refractivity contribution in [1.82, 2.24) is 9.62 Å². The minimum Gasteiger partial charge on any atom is -0.358 e. The lowest BCUT2D eigenvalue weighted by Crippen LogP contribution is -2.39. The monoisotopic (exact) mass is 349 g/mol. The number of rotatable bonds is 6. The van der Waals surface area contributed by atoms with Crippen molar-refractivity contribution in [2.75, 3.05) is 38.2 Å². The van der Waals surface area contributed by atoms with E-state index in [1.165, 1.54) is 45.4 Å². The van der Waals surface area contributed by atoms with Gasteiger partial charge >= 0.3 is 0 Å². The first-order valence-electron chi connectivity index (χ1n) is 6.21. The molecule has 0 bridgehead atoms. The third kappa shape index (κ3) is 4.18. The van der Waals surface area contributed by atoms with E-state index in [1.54, 1.807) is 0 Å². The van der Waals surface area contributed by atoms with E-state index in [9.17, 15) is 21.6 Å². The van der Waals surface area contributed by atoms with Gasteiger partial charge < -0.3 is 5.32 Å². The van der Waals surface area contributed by atoms with Crippen molar-refractivity contribution in [3.63, 3.8) is 0 Å². The Morgan fingerprint density at radius 1 is 1.09 bits per heavy atom. The number of hydrogen-bond acceptors (Lipinski definition) is 5. The predicted octanol–water partition coefficient (Wildman–Crippen LogP) is -0.551. The van der Waals surface area contributed by atoms with Crippen LogP contribution in [0.2, 0.25) is 0 Å². The molecule has 0 heterocycles. The maximum Gasteiger partial charge on any atom is 0.242 e. The van der Waals surface area contributed by atoms with Gasteiger partial charge in [-0.2, -0.15) is 0 Å². The van der Waals surface area contributed by atoms with Gasteiger partial charge in [0.1, 0.15) is 6.54 Å². The molecule has 0 aliphatic rings. The average Bonchev–Trinajstić information content (AvgIpc) is 2.43. The quantitative estimate of drug-likeness (QED) is 0.742. The molecule has 1 rings (SSSR count). The van der Waals surface area contributed by atoms with Crippen molar-refractivity contribution >= 4 is 31.6 Å². The third-order valence-electron chi connectivity index (χ3n) is 2.87. The van der Waals surface area contributed by atoms with Gasteiger partial charge in [-0.05, 0) is 24.3 Å². The molecule has 1 N–H and O–H groups in total. The summed E-state index contributed by atoms with van der Waals surface area (Å²) in [6, 6.07) is 5.29. The van der Waals surface area contributed by atoms with Crippen molar-refractivity contribution in [3.8, 4) is 0 Å². The molecule has 0 aliphatic heterocycles. The zero-order valence-corrected chi connectivity index (χ0v) is 14.4. The molecule has 124 valence electrons. The van der Waals surface area contributed by atoms with Crippen LogP contribution in [-0.4, -0.2) is 61.0 Å². The molecule has 0 saturated heterocycles. The fraction of sp³-hybridized carbons (Fsp3) is 0.417. The third-order valence-corrected chi connectivity index (χ3v) is 5.84. The summed E-state index contributed by atoms with van der Waals surface area (Å²) in [7, 11) is -3.07. The smallest absolute Gasteiger partial charge is 0.242 e. The molecule has 0 spiro atoms. The maximum absolute atomic E-state index is 12.0. The molecule has 0 saturated carbocycles. The molecule has 0 atom stereocenters.